The van der Waals surface area contributed by atoms with Crippen LogP contribution in [-0.2, 0) is 9.47 Å². The standard InChI is InChI=1S/C28H37N3O5/c1-5-31(14-16-32)15-17-36-25-12-9-22(27(20-25)34-3)8-11-24-19-23(29-30-24)10-6-21-7-13-26(33-2)28(18-21)35-4/h6-13,18-20,26,28,32H,5,14-17H2,1-4H3,(H,29,30)/b10-6+,11-8+. The topological polar surface area (TPSA) is 89.1 Å². The van der Waals surface area contributed by atoms with Crippen LogP contribution < -0.4 is 9.47 Å². The molecule has 194 valence electrons. The van der Waals surface area contributed by atoms with Crippen molar-refractivity contribution >= 4 is 18.2 Å². The van der Waals surface area contributed by atoms with Gasteiger partial charge in [0.15, 0.2) is 0 Å². The Hall–Kier alpha value is -3.17. The van der Waals surface area contributed by atoms with Gasteiger partial charge in [0, 0.05) is 38.9 Å². The summed E-state index contributed by atoms with van der Waals surface area (Å²) in [5, 5.41) is 16.5. The second-order valence-electron chi connectivity index (χ2n) is 8.25. The van der Waals surface area contributed by atoms with Crippen LogP contribution >= 0.6 is 0 Å². The molecule has 36 heavy (non-hydrogen) atoms. The first kappa shape index (κ1) is 27.4. The number of nitrogens with one attached hydrogen (secondary N) is 1. The van der Waals surface area contributed by atoms with E-state index in [-0.39, 0.29) is 18.8 Å². The fraction of sp³-hybridized carbons (Fsp3) is 0.393. The molecule has 0 saturated carbocycles. The van der Waals surface area contributed by atoms with E-state index in [1.165, 1.54) is 0 Å². The first-order valence-electron chi connectivity index (χ1n) is 12.1. The first-order valence-corrected chi connectivity index (χ1v) is 12.1. The summed E-state index contributed by atoms with van der Waals surface area (Å²) in [6.07, 6.45) is 13.8. The monoisotopic (exact) mass is 495 g/mol. The van der Waals surface area contributed by atoms with Crippen LogP contribution in [0.2, 0.25) is 0 Å². The van der Waals surface area contributed by atoms with Gasteiger partial charge >= 0.3 is 0 Å². The summed E-state index contributed by atoms with van der Waals surface area (Å²) < 4.78 is 22.3. The number of aromatic nitrogens is 2. The number of nitrogens with zero attached hydrogens (tertiary/aromatic N) is 2. The lowest BCUT2D eigenvalue weighted by Crippen LogP contribution is -2.30. The van der Waals surface area contributed by atoms with Crippen molar-refractivity contribution < 1.29 is 24.1 Å². The minimum Gasteiger partial charge on any atom is -0.496 e. The lowest BCUT2D eigenvalue weighted by Gasteiger charge is -2.22. The van der Waals surface area contributed by atoms with E-state index in [2.05, 4.69) is 22.0 Å². The molecule has 0 saturated heterocycles. The molecule has 1 aromatic carbocycles. The molecule has 2 atom stereocenters. The number of benzene rings is 1. The molecule has 0 fully saturated rings. The summed E-state index contributed by atoms with van der Waals surface area (Å²) in [5.41, 5.74) is 3.67. The minimum atomic E-state index is -0.110. The predicted octanol–water partition coefficient (Wildman–Crippen LogP) is 3.82. The van der Waals surface area contributed by atoms with Crippen LogP contribution in [0.4, 0.5) is 0 Å². The van der Waals surface area contributed by atoms with E-state index in [9.17, 15) is 0 Å². The molecule has 8 heteroatoms. The Labute approximate surface area is 213 Å². The van der Waals surface area contributed by atoms with Crippen molar-refractivity contribution in [1.29, 1.82) is 0 Å². The van der Waals surface area contributed by atoms with Gasteiger partial charge in [-0.1, -0.05) is 25.2 Å². The van der Waals surface area contributed by atoms with E-state index in [0.29, 0.717) is 13.2 Å². The van der Waals surface area contributed by atoms with E-state index >= 15 is 0 Å². The van der Waals surface area contributed by atoms with E-state index in [1.54, 1.807) is 21.3 Å². The summed E-state index contributed by atoms with van der Waals surface area (Å²) in [4.78, 5) is 2.14. The van der Waals surface area contributed by atoms with Gasteiger partial charge in [-0.15, -0.1) is 0 Å². The summed E-state index contributed by atoms with van der Waals surface area (Å²) >= 11 is 0. The number of aliphatic hydroxyl groups excluding tert-OH is 1. The van der Waals surface area contributed by atoms with Crippen LogP contribution in [0, 0.1) is 0 Å². The number of aliphatic hydroxyl groups is 1. The highest BCUT2D eigenvalue weighted by atomic mass is 16.5. The van der Waals surface area contributed by atoms with E-state index in [0.717, 1.165) is 47.1 Å². The molecule has 1 aliphatic rings. The fourth-order valence-corrected chi connectivity index (χ4v) is 3.85. The number of methoxy groups -OCH3 is 3. The number of allylic oxidation sites excluding steroid dienone is 3. The highest BCUT2D eigenvalue weighted by Gasteiger charge is 2.19. The summed E-state index contributed by atoms with van der Waals surface area (Å²) in [7, 11) is 5.00. The largest absolute Gasteiger partial charge is 0.496 e. The molecule has 1 aromatic heterocycles. The quantitative estimate of drug-likeness (QED) is 0.412. The van der Waals surface area contributed by atoms with Crippen molar-refractivity contribution in [3.05, 3.63) is 71.1 Å². The molecule has 0 amide bonds. The predicted molar refractivity (Wildman–Crippen MR) is 143 cm³/mol. The minimum absolute atomic E-state index is 0.0739. The Bertz CT molecular complexity index is 1070. The maximum atomic E-state index is 9.10. The lowest BCUT2D eigenvalue weighted by molar-refractivity contribution is 0.0136. The van der Waals surface area contributed by atoms with E-state index in [1.807, 2.05) is 66.8 Å². The third-order valence-electron chi connectivity index (χ3n) is 5.95. The third-order valence-corrected chi connectivity index (χ3v) is 5.95. The SMILES string of the molecule is CCN(CCO)CCOc1ccc(/C=C/c2cc(/C=C/C3=CC(OC)C(OC)C=C3)n[nH]2)c(OC)c1. The van der Waals surface area contributed by atoms with Gasteiger partial charge in [0.1, 0.15) is 30.3 Å². The van der Waals surface area contributed by atoms with Crippen LogP contribution in [0.3, 0.4) is 0 Å². The molecule has 0 spiro atoms. The molecular formula is C28H37N3O5. The van der Waals surface area contributed by atoms with Crippen molar-refractivity contribution in [2.45, 2.75) is 19.1 Å². The molecular weight excluding hydrogens is 458 g/mol. The zero-order chi connectivity index (χ0) is 25.8. The van der Waals surface area contributed by atoms with Crippen LogP contribution in [-0.4, -0.2) is 86.6 Å². The van der Waals surface area contributed by atoms with Crippen molar-refractivity contribution in [1.82, 2.24) is 15.1 Å². The van der Waals surface area contributed by atoms with Gasteiger partial charge in [-0.05, 0) is 54.6 Å². The average Bonchev–Trinajstić information content (AvgIpc) is 3.38. The Morgan fingerprint density at radius 3 is 2.58 bits per heavy atom. The Morgan fingerprint density at radius 2 is 1.86 bits per heavy atom. The van der Waals surface area contributed by atoms with Crippen molar-refractivity contribution in [3.63, 3.8) is 0 Å². The number of rotatable bonds is 14. The number of H-pyrrole nitrogens is 1. The Morgan fingerprint density at radius 1 is 1.03 bits per heavy atom. The maximum Gasteiger partial charge on any atom is 0.129 e. The number of hydrogen-bond donors (Lipinski definition) is 2. The first-order chi connectivity index (χ1) is 17.6. The van der Waals surface area contributed by atoms with Gasteiger partial charge in [-0.25, -0.2) is 0 Å². The molecule has 0 aliphatic heterocycles. The molecule has 0 bridgehead atoms. The van der Waals surface area contributed by atoms with Crippen molar-refractivity contribution in [2.24, 2.45) is 0 Å². The van der Waals surface area contributed by atoms with Crippen LogP contribution in [0.5, 0.6) is 11.5 Å². The molecule has 0 radical (unpaired) electrons. The Balaban J connectivity index is 1.59. The van der Waals surface area contributed by atoms with Crippen LogP contribution in [0.25, 0.3) is 18.2 Å². The average molecular weight is 496 g/mol. The van der Waals surface area contributed by atoms with E-state index in [4.69, 9.17) is 24.1 Å². The smallest absolute Gasteiger partial charge is 0.129 e. The number of likely N-dealkylation sites (N-methyl/N-ethyl adjacent to an activating group) is 1. The van der Waals surface area contributed by atoms with Crippen molar-refractivity contribution in [2.75, 3.05) is 54.2 Å². The highest BCUT2D eigenvalue weighted by molar-refractivity contribution is 5.72. The molecule has 2 aromatic rings. The molecule has 2 N–H and O–H groups in total. The molecule has 1 aliphatic carbocycles. The zero-order valence-electron chi connectivity index (χ0n) is 21.5. The number of hydrogen-bond acceptors (Lipinski definition) is 7. The summed E-state index contributed by atoms with van der Waals surface area (Å²) in [6.45, 7) is 5.04. The summed E-state index contributed by atoms with van der Waals surface area (Å²) in [6, 6.07) is 7.75. The second-order valence-corrected chi connectivity index (χ2v) is 8.25. The van der Waals surface area contributed by atoms with E-state index < -0.39 is 0 Å². The fourth-order valence-electron chi connectivity index (χ4n) is 3.85. The van der Waals surface area contributed by atoms with Gasteiger partial charge < -0.3 is 24.1 Å². The zero-order valence-corrected chi connectivity index (χ0v) is 21.5. The van der Waals surface area contributed by atoms with Gasteiger partial charge in [0.2, 0.25) is 0 Å². The molecule has 3 rings (SSSR count). The number of ether oxygens (including phenoxy) is 4. The lowest BCUT2D eigenvalue weighted by atomic mass is 10.0. The molecule has 2 unspecified atom stereocenters. The Kier molecular flexibility index (Phi) is 11.0. The second kappa shape index (κ2) is 14.4. The van der Waals surface area contributed by atoms with Gasteiger partial charge in [-0.2, -0.15) is 5.10 Å². The van der Waals surface area contributed by atoms with Crippen LogP contribution in [0.1, 0.15) is 23.9 Å². The third kappa shape index (κ3) is 7.93. The van der Waals surface area contributed by atoms with Gasteiger partial charge in [0.25, 0.3) is 0 Å². The maximum absolute atomic E-state index is 9.10. The van der Waals surface area contributed by atoms with Crippen LogP contribution in [0.15, 0.2) is 54.1 Å². The van der Waals surface area contributed by atoms with Gasteiger partial charge in [-0.3, -0.25) is 10.00 Å². The van der Waals surface area contributed by atoms with Gasteiger partial charge in [0.05, 0.1) is 25.1 Å². The summed E-state index contributed by atoms with van der Waals surface area (Å²) in [5.74, 6) is 1.47. The number of aromatic amines is 1. The molecule has 1 heterocycles. The highest BCUT2D eigenvalue weighted by Crippen LogP contribution is 2.26. The van der Waals surface area contributed by atoms with Crippen molar-refractivity contribution in [3.8, 4) is 11.5 Å². The normalized spacial score (nSPS) is 17.9. The molecule has 8 nitrogen and oxygen atoms in total.